The van der Waals surface area contributed by atoms with Crippen molar-refractivity contribution < 1.29 is 10.2 Å². The van der Waals surface area contributed by atoms with E-state index in [0.717, 1.165) is 44.5 Å². The monoisotopic (exact) mass is 308 g/mol. The topological polar surface area (TPSA) is 40.5 Å². The van der Waals surface area contributed by atoms with Crippen molar-refractivity contribution in [1.29, 1.82) is 0 Å². The van der Waals surface area contributed by atoms with E-state index in [9.17, 15) is 10.2 Å². The van der Waals surface area contributed by atoms with Gasteiger partial charge in [0.1, 0.15) is 11.5 Å². The van der Waals surface area contributed by atoms with Gasteiger partial charge in [-0.3, -0.25) is 0 Å². The second-order valence-electron chi connectivity index (χ2n) is 6.38. The average Bonchev–Trinajstić information content (AvgIpc) is 2.45. The van der Waals surface area contributed by atoms with Gasteiger partial charge in [0.15, 0.2) is 0 Å². The van der Waals surface area contributed by atoms with Crippen LogP contribution in [0.5, 0.6) is 11.5 Å². The number of benzene rings is 2. The fourth-order valence-electron chi connectivity index (χ4n) is 2.83. The predicted octanol–water partition coefficient (Wildman–Crippen LogP) is 5.37. The first-order chi connectivity index (χ1) is 10.7. The highest BCUT2D eigenvalue weighted by molar-refractivity contribution is 5.71. The highest BCUT2D eigenvalue weighted by Gasteiger charge is 2.14. The van der Waals surface area contributed by atoms with Crippen LogP contribution in [-0.4, -0.2) is 10.2 Å². The first kappa shape index (κ1) is 16.9. The van der Waals surface area contributed by atoms with Crippen molar-refractivity contribution in [3.05, 3.63) is 70.8 Å². The molecule has 0 fully saturated rings. The van der Waals surface area contributed by atoms with Crippen LogP contribution in [0, 0.1) is 13.8 Å². The second-order valence-corrected chi connectivity index (χ2v) is 6.38. The largest absolute Gasteiger partial charge is 0.507 e. The first-order valence-corrected chi connectivity index (χ1v) is 7.67. The first-order valence-electron chi connectivity index (χ1n) is 7.67. The van der Waals surface area contributed by atoms with Gasteiger partial charge < -0.3 is 10.2 Å². The molecule has 0 radical (unpaired) electrons. The Morgan fingerprint density at radius 2 is 1.13 bits per heavy atom. The summed E-state index contributed by atoms with van der Waals surface area (Å²) in [6, 6.07) is 7.75. The Kier molecular flexibility index (Phi) is 4.65. The second kappa shape index (κ2) is 6.33. The number of hydrogen-bond acceptors (Lipinski definition) is 2. The summed E-state index contributed by atoms with van der Waals surface area (Å²) in [6.07, 6.45) is 0.460. The van der Waals surface area contributed by atoms with E-state index < -0.39 is 0 Å². The van der Waals surface area contributed by atoms with Crippen LogP contribution in [0.3, 0.4) is 0 Å². The summed E-state index contributed by atoms with van der Waals surface area (Å²) in [5.41, 5.74) is 6.85. The zero-order valence-electron chi connectivity index (χ0n) is 14.3. The lowest BCUT2D eigenvalue weighted by atomic mass is 9.93. The molecule has 0 saturated heterocycles. The molecule has 2 aromatic rings. The lowest BCUT2D eigenvalue weighted by Crippen LogP contribution is -1.96. The number of phenols is 2. The molecule has 0 heterocycles. The molecule has 2 heteroatoms. The van der Waals surface area contributed by atoms with E-state index in [-0.39, 0.29) is 11.5 Å². The van der Waals surface area contributed by atoms with E-state index in [1.807, 2.05) is 52.0 Å². The van der Waals surface area contributed by atoms with Crippen LogP contribution in [0.4, 0.5) is 0 Å². The lowest BCUT2D eigenvalue weighted by molar-refractivity contribution is 0.461. The summed E-state index contributed by atoms with van der Waals surface area (Å²) in [4.78, 5) is 0. The normalized spacial score (nSPS) is 10.6. The molecule has 2 nitrogen and oxygen atoms in total. The van der Waals surface area contributed by atoms with Crippen LogP contribution in [0.25, 0.3) is 11.1 Å². The van der Waals surface area contributed by atoms with Crippen molar-refractivity contribution >= 4 is 11.1 Å². The number of aryl methyl sites for hydroxylation is 2. The molecule has 2 N–H and O–H groups in total. The summed E-state index contributed by atoms with van der Waals surface area (Å²) < 4.78 is 0. The smallest absolute Gasteiger partial charge is 0.126 e. The highest BCUT2D eigenvalue weighted by Crippen LogP contribution is 2.35. The fraction of sp³-hybridized carbons (Fsp3) is 0.238. The minimum atomic E-state index is 0.237. The molecule has 2 aromatic carbocycles. The van der Waals surface area contributed by atoms with Gasteiger partial charge in [-0.2, -0.15) is 0 Å². The van der Waals surface area contributed by atoms with E-state index in [1.54, 1.807) is 0 Å². The third-order valence-electron chi connectivity index (χ3n) is 3.97. The molecule has 0 aliphatic heterocycles. The van der Waals surface area contributed by atoms with Crippen LogP contribution in [-0.2, 0) is 6.42 Å². The summed E-state index contributed by atoms with van der Waals surface area (Å²) in [7, 11) is 0. The molecular formula is C21H24O2. The van der Waals surface area contributed by atoms with Gasteiger partial charge in [-0.1, -0.05) is 25.3 Å². The Morgan fingerprint density at radius 3 is 1.43 bits per heavy atom. The zero-order valence-corrected chi connectivity index (χ0v) is 14.3. The molecule has 0 aliphatic rings. The van der Waals surface area contributed by atoms with Crippen LogP contribution < -0.4 is 0 Å². The van der Waals surface area contributed by atoms with E-state index in [0.29, 0.717) is 6.42 Å². The molecule has 0 aliphatic carbocycles. The molecule has 0 amide bonds. The van der Waals surface area contributed by atoms with Crippen molar-refractivity contribution in [3.63, 3.8) is 0 Å². The van der Waals surface area contributed by atoms with Crippen LogP contribution in [0.1, 0.15) is 47.2 Å². The SMILES string of the molecule is C=C(C)c1cc(C)cc(Cc2cc(C)cc(C(=C)C)c2O)c1O. The van der Waals surface area contributed by atoms with Gasteiger partial charge in [-0.15, -0.1) is 0 Å². The Hall–Kier alpha value is -2.48. The summed E-state index contributed by atoms with van der Waals surface area (Å²) in [6.45, 7) is 15.6. The average molecular weight is 308 g/mol. The van der Waals surface area contributed by atoms with Gasteiger partial charge in [0, 0.05) is 17.5 Å². The Morgan fingerprint density at radius 1 is 0.783 bits per heavy atom. The third kappa shape index (κ3) is 3.48. The maximum Gasteiger partial charge on any atom is 0.126 e. The maximum atomic E-state index is 10.5. The summed E-state index contributed by atoms with van der Waals surface area (Å²) >= 11 is 0. The minimum Gasteiger partial charge on any atom is -0.507 e. The molecule has 0 unspecified atom stereocenters. The van der Waals surface area contributed by atoms with E-state index in [2.05, 4.69) is 13.2 Å². The van der Waals surface area contributed by atoms with Gasteiger partial charge in [0.2, 0.25) is 0 Å². The molecule has 0 atom stereocenters. The van der Waals surface area contributed by atoms with Crippen LogP contribution in [0.15, 0.2) is 37.4 Å². The number of aromatic hydroxyl groups is 2. The van der Waals surface area contributed by atoms with E-state index >= 15 is 0 Å². The minimum absolute atomic E-state index is 0.237. The van der Waals surface area contributed by atoms with Crippen molar-refractivity contribution in [2.45, 2.75) is 34.1 Å². The van der Waals surface area contributed by atoms with Gasteiger partial charge in [-0.05, 0) is 73.2 Å². The molecular weight excluding hydrogens is 284 g/mol. The quantitative estimate of drug-likeness (QED) is 0.797. The van der Waals surface area contributed by atoms with Crippen molar-refractivity contribution in [2.24, 2.45) is 0 Å². The van der Waals surface area contributed by atoms with Gasteiger partial charge in [0.05, 0.1) is 0 Å². The molecule has 0 aromatic heterocycles. The third-order valence-corrected chi connectivity index (χ3v) is 3.97. The standard InChI is InChI=1S/C21H24O2/c1-12(2)18-9-14(5)7-16(20(18)22)11-17-8-15(6)10-19(13(3)4)21(17)23/h7-10,22-23H,1,3,11H2,2,4-6H3. The van der Waals surface area contributed by atoms with Gasteiger partial charge >= 0.3 is 0 Å². The Balaban J connectivity index is 2.56. The van der Waals surface area contributed by atoms with Crippen molar-refractivity contribution in [2.75, 3.05) is 0 Å². The van der Waals surface area contributed by atoms with E-state index in [1.165, 1.54) is 0 Å². The number of rotatable bonds is 4. The maximum absolute atomic E-state index is 10.5. The fourth-order valence-corrected chi connectivity index (χ4v) is 2.83. The predicted molar refractivity (Wildman–Crippen MR) is 97.9 cm³/mol. The summed E-state index contributed by atoms with van der Waals surface area (Å²) in [5.74, 6) is 0.474. The number of hydrogen-bond donors (Lipinski definition) is 2. The Labute approximate surface area is 138 Å². The van der Waals surface area contributed by atoms with Crippen LogP contribution >= 0.6 is 0 Å². The molecule has 120 valence electrons. The molecule has 2 rings (SSSR count). The van der Waals surface area contributed by atoms with E-state index in [4.69, 9.17) is 0 Å². The van der Waals surface area contributed by atoms with Crippen LogP contribution in [0.2, 0.25) is 0 Å². The lowest BCUT2D eigenvalue weighted by Gasteiger charge is -2.15. The van der Waals surface area contributed by atoms with Crippen molar-refractivity contribution in [1.82, 2.24) is 0 Å². The van der Waals surface area contributed by atoms with Gasteiger partial charge in [-0.25, -0.2) is 0 Å². The Bertz CT molecular complexity index is 730. The number of allylic oxidation sites excluding steroid dienone is 2. The molecule has 0 spiro atoms. The molecule has 23 heavy (non-hydrogen) atoms. The summed E-state index contributed by atoms with van der Waals surface area (Å²) in [5, 5.41) is 21.0. The molecule has 0 saturated carbocycles. The molecule has 0 bridgehead atoms. The number of phenolic OH excluding ortho intramolecular Hbond substituents is 2. The van der Waals surface area contributed by atoms with Gasteiger partial charge in [0.25, 0.3) is 0 Å². The van der Waals surface area contributed by atoms with Crippen molar-refractivity contribution in [3.8, 4) is 11.5 Å². The zero-order chi connectivity index (χ0) is 17.3. The highest BCUT2D eigenvalue weighted by atomic mass is 16.3.